The lowest BCUT2D eigenvalue weighted by atomic mass is 10.0. The number of likely N-dealkylation sites (tertiary alicyclic amines) is 1. The Morgan fingerprint density at radius 1 is 1.56 bits per heavy atom. The zero-order valence-electron chi connectivity index (χ0n) is 9.01. The lowest BCUT2D eigenvalue weighted by Crippen LogP contribution is -2.50. The summed E-state index contributed by atoms with van der Waals surface area (Å²) in [5, 5.41) is 0. The fourth-order valence-electron chi connectivity index (χ4n) is 1.83. The molecule has 0 spiro atoms. The minimum absolute atomic E-state index is 0.0372. The van der Waals surface area contributed by atoms with Gasteiger partial charge >= 0.3 is 6.18 Å². The largest absolute Gasteiger partial charge is 0.419 e. The first-order valence-corrected chi connectivity index (χ1v) is 5.05. The number of hydrogen-bond donors (Lipinski definition) is 1. The van der Waals surface area contributed by atoms with Crippen molar-refractivity contribution in [3.05, 3.63) is 0 Å². The van der Waals surface area contributed by atoms with Gasteiger partial charge in [-0.3, -0.25) is 4.79 Å². The molecule has 16 heavy (non-hydrogen) atoms. The molecule has 0 saturated carbocycles. The molecule has 4 nitrogen and oxygen atoms in total. The van der Waals surface area contributed by atoms with E-state index in [4.69, 9.17) is 10.5 Å². The molecule has 2 N–H and O–H groups in total. The highest BCUT2D eigenvalue weighted by molar-refractivity contribution is 5.78. The Balaban J connectivity index is 2.80. The molecule has 1 aliphatic heterocycles. The van der Waals surface area contributed by atoms with E-state index in [1.807, 2.05) is 0 Å². The van der Waals surface area contributed by atoms with Gasteiger partial charge in [-0.1, -0.05) is 0 Å². The normalized spacial score (nSPS) is 26.2. The molecule has 0 aromatic rings. The Labute approximate surface area is 91.5 Å². The number of carbonyl (C=O) groups is 1. The summed E-state index contributed by atoms with van der Waals surface area (Å²) in [4.78, 5) is 12.3. The van der Waals surface area contributed by atoms with Gasteiger partial charge < -0.3 is 15.4 Å². The number of ether oxygens (including phenoxy) is 1. The van der Waals surface area contributed by atoms with Crippen LogP contribution in [0.2, 0.25) is 0 Å². The third kappa shape index (κ3) is 2.30. The van der Waals surface area contributed by atoms with Crippen LogP contribution >= 0.6 is 0 Å². The lowest BCUT2D eigenvalue weighted by Gasteiger charge is -2.31. The minimum atomic E-state index is -4.47. The van der Waals surface area contributed by atoms with E-state index >= 15 is 0 Å². The highest BCUT2D eigenvalue weighted by Crippen LogP contribution is 2.40. The van der Waals surface area contributed by atoms with Crippen molar-refractivity contribution in [1.82, 2.24) is 4.90 Å². The summed E-state index contributed by atoms with van der Waals surface area (Å²) in [6.45, 7) is 0.765. The first-order chi connectivity index (χ1) is 7.36. The van der Waals surface area contributed by atoms with E-state index in [-0.39, 0.29) is 26.1 Å². The van der Waals surface area contributed by atoms with Crippen molar-refractivity contribution < 1.29 is 22.7 Å². The van der Waals surface area contributed by atoms with Crippen LogP contribution in [0, 0.1) is 0 Å². The summed E-state index contributed by atoms with van der Waals surface area (Å²) in [6, 6.07) is 0. The smallest absolute Gasteiger partial charge is 0.364 e. The standard InChI is InChI=1S/C9H15F3N2O2/c1-2-16-8(9(10,11)12)3-4-14(6-8)7(15)5-13/h2-6,13H2,1H3/t8-/m1/s1. The first-order valence-electron chi connectivity index (χ1n) is 5.05. The summed E-state index contributed by atoms with van der Waals surface area (Å²) < 4.78 is 43.4. The summed E-state index contributed by atoms with van der Waals surface area (Å²) in [7, 11) is 0. The van der Waals surface area contributed by atoms with E-state index in [0.717, 1.165) is 4.90 Å². The van der Waals surface area contributed by atoms with E-state index in [0.29, 0.717) is 0 Å². The second-order valence-corrected chi connectivity index (χ2v) is 3.69. The van der Waals surface area contributed by atoms with Gasteiger partial charge in [0.2, 0.25) is 5.91 Å². The highest BCUT2D eigenvalue weighted by Gasteiger charge is 2.59. The van der Waals surface area contributed by atoms with Crippen molar-refractivity contribution in [1.29, 1.82) is 0 Å². The average molecular weight is 240 g/mol. The molecule has 0 unspecified atom stereocenters. The molecule has 94 valence electrons. The number of nitrogens with two attached hydrogens (primary N) is 1. The molecule has 1 fully saturated rings. The molecule has 1 heterocycles. The van der Waals surface area contributed by atoms with Crippen LogP contribution in [0.3, 0.4) is 0 Å². The second kappa shape index (κ2) is 4.58. The molecule has 1 saturated heterocycles. The Hall–Kier alpha value is -0.820. The van der Waals surface area contributed by atoms with E-state index in [1.165, 1.54) is 6.92 Å². The number of halogens is 3. The molecule has 1 atom stereocenters. The summed E-state index contributed by atoms with van der Waals surface area (Å²) in [6.07, 6.45) is -4.69. The Morgan fingerprint density at radius 3 is 2.62 bits per heavy atom. The van der Waals surface area contributed by atoms with Crippen LogP contribution in [0.1, 0.15) is 13.3 Å². The number of hydrogen-bond acceptors (Lipinski definition) is 3. The van der Waals surface area contributed by atoms with Gasteiger partial charge in [0, 0.05) is 19.6 Å². The predicted molar refractivity (Wildman–Crippen MR) is 50.7 cm³/mol. The third-order valence-corrected chi connectivity index (χ3v) is 2.70. The maximum atomic E-state index is 12.8. The van der Waals surface area contributed by atoms with Gasteiger partial charge in [0.05, 0.1) is 13.1 Å². The molecule has 1 amide bonds. The fourth-order valence-corrected chi connectivity index (χ4v) is 1.83. The monoisotopic (exact) mass is 240 g/mol. The summed E-state index contributed by atoms with van der Waals surface area (Å²) >= 11 is 0. The van der Waals surface area contributed by atoms with Crippen LogP contribution in [0.4, 0.5) is 13.2 Å². The van der Waals surface area contributed by atoms with Gasteiger partial charge in [0.15, 0.2) is 5.60 Å². The average Bonchev–Trinajstić information content (AvgIpc) is 2.62. The van der Waals surface area contributed by atoms with Crippen LogP contribution in [0.25, 0.3) is 0 Å². The zero-order valence-corrected chi connectivity index (χ0v) is 9.01. The molecular formula is C9H15F3N2O2. The molecular weight excluding hydrogens is 225 g/mol. The van der Waals surface area contributed by atoms with Crippen LogP contribution in [0.15, 0.2) is 0 Å². The highest BCUT2D eigenvalue weighted by atomic mass is 19.4. The first kappa shape index (κ1) is 13.2. The Bertz CT molecular complexity index is 270. The summed E-state index contributed by atoms with van der Waals surface area (Å²) in [5.41, 5.74) is 2.89. The fraction of sp³-hybridized carbons (Fsp3) is 0.889. The van der Waals surface area contributed by atoms with Crippen molar-refractivity contribution >= 4 is 5.91 Å². The molecule has 0 radical (unpaired) electrons. The molecule has 1 rings (SSSR count). The van der Waals surface area contributed by atoms with Gasteiger partial charge in [-0.05, 0) is 6.92 Å². The van der Waals surface area contributed by atoms with Crippen molar-refractivity contribution in [2.75, 3.05) is 26.2 Å². The SMILES string of the molecule is CCO[C@]1(C(F)(F)F)CCN(C(=O)CN)C1. The Kier molecular flexibility index (Phi) is 3.80. The van der Waals surface area contributed by atoms with Gasteiger partial charge in [0.25, 0.3) is 0 Å². The summed E-state index contributed by atoms with van der Waals surface area (Å²) in [5.74, 6) is -0.481. The molecule has 7 heteroatoms. The van der Waals surface area contributed by atoms with Gasteiger partial charge in [-0.2, -0.15) is 13.2 Å². The van der Waals surface area contributed by atoms with E-state index in [2.05, 4.69) is 0 Å². The van der Waals surface area contributed by atoms with Crippen LogP contribution in [-0.2, 0) is 9.53 Å². The Morgan fingerprint density at radius 2 is 2.19 bits per heavy atom. The molecule has 1 aliphatic rings. The topological polar surface area (TPSA) is 55.6 Å². The number of amides is 1. The van der Waals surface area contributed by atoms with Gasteiger partial charge in [0.1, 0.15) is 0 Å². The van der Waals surface area contributed by atoms with Crippen LogP contribution < -0.4 is 5.73 Å². The maximum absolute atomic E-state index is 12.8. The van der Waals surface area contributed by atoms with Crippen molar-refractivity contribution in [3.8, 4) is 0 Å². The second-order valence-electron chi connectivity index (χ2n) is 3.69. The van der Waals surface area contributed by atoms with Crippen molar-refractivity contribution in [3.63, 3.8) is 0 Å². The lowest BCUT2D eigenvalue weighted by molar-refractivity contribution is -0.270. The number of rotatable bonds is 3. The van der Waals surface area contributed by atoms with E-state index in [9.17, 15) is 18.0 Å². The van der Waals surface area contributed by atoms with Gasteiger partial charge in [-0.15, -0.1) is 0 Å². The number of alkyl halides is 3. The number of nitrogens with zero attached hydrogens (tertiary/aromatic N) is 1. The van der Waals surface area contributed by atoms with Crippen LogP contribution in [0.5, 0.6) is 0 Å². The number of carbonyl (C=O) groups excluding carboxylic acids is 1. The quantitative estimate of drug-likeness (QED) is 0.782. The molecule has 0 bridgehead atoms. The third-order valence-electron chi connectivity index (χ3n) is 2.70. The molecule has 0 aromatic carbocycles. The van der Waals surface area contributed by atoms with Crippen molar-refractivity contribution in [2.24, 2.45) is 5.73 Å². The van der Waals surface area contributed by atoms with Gasteiger partial charge in [-0.25, -0.2) is 0 Å². The molecule has 0 aliphatic carbocycles. The zero-order chi connectivity index (χ0) is 12.4. The van der Waals surface area contributed by atoms with E-state index in [1.54, 1.807) is 0 Å². The molecule has 0 aromatic heterocycles. The van der Waals surface area contributed by atoms with Crippen LogP contribution in [-0.4, -0.2) is 48.8 Å². The minimum Gasteiger partial charge on any atom is -0.364 e. The van der Waals surface area contributed by atoms with E-state index < -0.39 is 24.2 Å². The van der Waals surface area contributed by atoms with Crippen molar-refractivity contribution in [2.45, 2.75) is 25.1 Å². The maximum Gasteiger partial charge on any atom is 0.419 e. The predicted octanol–water partition coefficient (Wildman–Crippen LogP) is 0.515.